The van der Waals surface area contributed by atoms with Crippen molar-refractivity contribution in [2.75, 3.05) is 26.2 Å². The van der Waals surface area contributed by atoms with E-state index in [-0.39, 0.29) is 11.8 Å². The predicted octanol–water partition coefficient (Wildman–Crippen LogP) is 0.976. The molecule has 1 aliphatic heterocycles. The van der Waals surface area contributed by atoms with Crippen LogP contribution in [0.5, 0.6) is 0 Å². The SMILES string of the molecule is Cc1ncc(C(=O)N2CCN(C(=O)c3ccco3)CC2)cn1. The molecule has 114 valence electrons. The second kappa shape index (κ2) is 5.97. The number of nitrogens with zero attached hydrogens (tertiary/aromatic N) is 4. The Kier molecular flexibility index (Phi) is 3.86. The maximum atomic E-state index is 12.3. The van der Waals surface area contributed by atoms with Crippen LogP contribution in [0.4, 0.5) is 0 Å². The summed E-state index contributed by atoms with van der Waals surface area (Å²) >= 11 is 0. The summed E-state index contributed by atoms with van der Waals surface area (Å²) in [6.45, 7) is 3.71. The van der Waals surface area contributed by atoms with Gasteiger partial charge in [-0.25, -0.2) is 9.97 Å². The lowest BCUT2D eigenvalue weighted by molar-refractivity contribution is 0.0517. The average Bonchev–Trinajstić information content (AvgIpc) is 3.09. The molecule has 0 atom stereocenters. The molecule has 3 rings (SSSR count). The standard InChI is InChI=1S/C15H16N4O3/c1-11-16-9-12(10-17-11)14(20)18-4-6-19(7-5-18)15(21)13-3-2-8-22-13/h2-3,8-10H,4-7H2,1H3. The van der Waals surface area contributed by atoms with Gasteiger partial charge >= 0.3 is 0 Å². The summed E-state index contributed by atoms with van der Waals surface area (Å²) in [6.07, 6.45) is 4.54. The maximum absolute atomic E-state index is 12.3. The van der Waals surface area contributed by atoms with Crippen molar-refractivity contribution in [2.24, 2.45) is 0 Å². The molecule has 1 saturated heterocycles. The van der Waals surface area contributed by atoms with Gasteiger partial charge < -0.3 is 14.2 Å². The molecule has 0 aromatic carbocycles. The predicted molar refractivity (Wildman–Crippen MR) is 77.3 cm³/mol. The van der Waals surface area contributed by atoms with E-state index in [2.05, 4.69) is 9.97 Å². The van der Waals surface area contributed by atoms with E-state index in [4.69, 9.17) is 4.42 Å². The van der Waals surface area contributed by atoms with Crippen LogP contribution in [0, 0.1) is 6.92 Å². The minimum absolute atomic E-state index is 0.106. The molecule has 2 aromatic rings. The Morgan fingerprint density at radius 1 is 1.05 bits per heavy atom. The van der Waals surface area contributed by atoms with Gasteiger partial charge in [-0.3, -0.25) is 9.59 Å². The third-order valence-electron chi connectivity index (χ3n) is 3.61. The minimum Gasteiger partial charge on any atom is -0.459 e. The van der Waals surface area contributed by atoms with Crippen molar-refractivity contribution in [2.45, 2.75) is 6.92 Å². The molecule has 22 heavy (non-hydrogen) atoms. The fourth-order valence-corrected chi connectivity index (χ4v) is 2.35. The largest absolute Gasteiger partial charge is 0.459 e. The van der Waals surface area contributed by atoms with E-state index in [9.17, 15) is 9.59 Å². The number of hydrogen-bond acceptors (Lipinski definition) is 5. The van der Waals surface area contributed by atoms with Gasteiger partial charge in [-0.15, -0.1) is 0 Å². The molecule has 0 saturated carbocycles. The van der Waals surface area contributed by atoms with Crippen molar-refractivity contribution in [1.29, 1.82) is 0 Å². The van der Waals surface area contributed by atoms with Crippen LogP contribution in [0.25, 0.3) is 0 Å². The zero-order valence-corrected chi connectivity index (χ0v) is 12.2. The Bertz CT molecular complexity index is 659. The first-order valence-corrected chi connectivity index (χ1v) is 7.06. The van der Waals surface area contributed by atoms with Crippen molar-refractivity contribution in [1.82, 2.24) is 19.8 Å². The minimum atomic E-state index is -0.143. The Balaban J connectivity index is 1.60. The third kappa shape index (κ3) is 2.83. The number of piperazine rings is 1. The fraction of sp³-hybridized carbons (Fsp3) is 0.333. The fourth-order valence-electron chi connectivity index (χ4n) is 2.35. The van der Waals surface area contributed by atoms with Crippen LogP contribution in [0.2, 0.25) is 0 Å². The van der Waals surface area contributed by atoms with Crippen LogP contribution in [-0.2, 0) is 0 Å². The number of aryl methyl sites for hydroxylation is 1. The molecule has 3 heterocycles. The zero-order valence-electron chi connectivity index (χ0n) is 12.2. The van der Waals surface area contributed by atoms with Crippen LogP contribution in [0.3, 0.4) is 0 Å². The molecule has 0 radical (unpaired) electrons. The molecular weight excluding hydrogens is 284 g/mol. The Labute approximate surface area is 127 Å². The van der Waals surface area contributed by atoms with Crippen LogP contribution in [0.1, 0.15) is 26.7 Å². The van der Waals surface area contributed by atoms with Crippen LogP contribution >= 0.6 is 0 Å². The highest BCUT2D eigenvalue weighted by Gasteiger charge is 2.26. The lowest BCUT2D eigenvalue weighted by Crippen LogP contribution is -2.50. The van der Waals surface area contributed by atoms with Crippen LogP contribution in [0.15, 0.2) is 35.2 Å². The van der Waals surface area contributed by atoms with Crippen molar-refractivity contribution in [3.05, 3.63) is 47.9 Å². The number of carbonyl (C=O) groups is 2. The molecule has 0 aliphatic carbocycles. The highest BCUT2D eigenvalue weighted by Crippen LogP contribution is 2.11. The Morgan fingerprint density at radius 2 is 1.64 bits per heavy atom. The van der Waals surface area contributed by atoms with E-state index in [1.807, 2.05) is 0 Å². The highest BCUT2D eigenvalue weighted by molar-refractivity contribution is 5.94. The second-order valence-corrected chi connectivity index (χ2v) is 5.08. The second-order valence-electron chi connectivity index (χ2n) is 5.08. The lowest BCUT2D eigenvalue weighted by atomic mass is 10.2. The quantitative estimate of drug-likeness (QED) is 0.826. The molecule has 0 bridgehead atoms. The van der Waals surface area contributed by atoms with Crippen LogP contribution in [-0.4, -0.2) is 57.8 Å². The van der Waals surface area contributed by atoms with Crippen molar-refractivity contribution >= 4 is 11.8 Å². The molecule has 0 N–H and O–H groups in total. The molecule has 7 heteroatoms. The summed E-state index contributed by atoms with van der Waals surface area (Å²) in [5.41, 5.74) is 0.469. The van der Waals surface area contributed by atoms with E-state index < -0.39 is 0 Å². The lowest BCUT2D eigenvalue weighted by Gasteiger charge is -2.34. The normalized spacial score (nSPS) is 15.0. The zero-order chi connectivity index (χ0) is 15.5. The van der Waals surface area contributed by atoms with Gasteiger partial charge in [0.1, 0.15) is 5.82 Å². The van der Waals surface area contributed by atoms with Gasteiger partial charge in [0.15, 0.2) is 5.76 Å². The van der Waals surface area contributed by atoms with Gasteiger partial charge in [-0.2, -0.15) is 0 Å². The first kappa shape index (κ1) is 14.2. The van der Waals surface area contributed by atoms with Gasteiger partial charge in [0.25, 0.3) is 11.8 Å². The number of hydrogen-bond donors (Lipinski definition) is 0. The first-order chi connectivity index (χ1) is 10.6. The molecule has 2 amide bonds. The van der Waals surface area contributed by atoms with Gasteiger partial charge in [0, 0.05) is 38.6 Å². The first-order valence-electron chi connectivity index (χ1n) is 7.06. The van der Waals surface area contributed by atoms with Gasteiger partial charge in [-0.1, -0.05) is 0 Å². The molecule has 2 aromatic heterocycles. The third-order valence-corrected chi connectivity index (χ3v) is 3.61. The van der Waals surface area contributed by atoms with E-state index in [1.54, 1.807) is 28.9 Å². The molecule has 1 fully saturated rings. The monoisotopic (exact) mass is 300 g/mol. The summed E-state index contributed by atoms with van der Waals surface area (Å²) in [6, 6.07) is 3.33. The van der Waals surface area contributed by atoms with E-state index >= 15 is 0 Å². The number of carbonyl (C=O) groups excluding carboxylic acids is 2. The maximum Gasteiger partial charge on any atom is 0.289 e. The summed E-state index contributed by atoms with van der Waals surface area (Å²) in [5.74, 6) is 0.706. The van der Waals surface area contributed by atoms with Crippen molar-refractivity contribution < 1.29 is 14.0 Å². The number of furan rings is 1. The number of amides is 2. The van der Waals surface area contributed by atoms with E-state index in [1.165, 1.54) is 18.7 Å². The summed E-state index contributed by atoms with van der Waals surface area (Å²) in [7, 11) is 0. The molecule has 1 aliphatic rings. The molecule has 0 unspecified atom stereocenters. The number of aromatic nitrogens is 2. The Morgan fingerprint density at radius 3 is 2.18 bits per heavy atom. The van der Waals surface area contributed by atoms with E-state index in [0.29, 0.717) is 43.3 Å². The van der Waals surface area contributed by atoms with Crippen molar-refractivity contribution in [3.8, 4) is 0 Å². The summed E-state index contributed by atoms with van der Waals surface area (Å²) in [5, 5.41) is 0. The smallest absolute Gasteiger partial charge is 0.289 e. The number of rotatable bonds is 2. The summed E-state index contributed by atoms with van der Waals surface area (Å²) in [4.78, 5) is 36.0. The molecular formula is C15H16N4O3. The average molecular weight is 300 g/mol. The molecule has 0 spiro atoms. The van der Waals surface area contributed by atoms with Gasteiger partial charge in [0.2, 0.25) is 0 Å². The Hall–Kier alpha value is -2.70. The highest BCUT2D eigenvalue weighted by atomic mass is 16.3. The van der Waals surface area contributed by atoms with Gasteiger partial charge in [-0.05, 0) is 19.1 Å². The molecule has 7 nitrogen and oxygen atoms in total. The topological polar surface area (TPSA) is 79.5 Å². The van der Waals surface area contributed by atoms with Crippen LogP contribution < -0.4 is 0 Å². The van der Waals surface area contributed by atoms with Gasteiger partial charge in [0.05, 0.1) is 11.8 Å². The van der Waals surface area contributed by atoms with Crippen molar-refractivity contribution in [3.63, 3.8) is 0 Å². The summed E-state index contributed by atoms with van der Waals surface area (Å²) < 4.78 is 5.12. The van der Waals surface area contributed by atoms with E-state index in [0.717, 1.165) is 0 Å².